The molecule has 1 aliphatic heterocycles. The summed E-state index contributed by atoms with van der Waals surface area (Å²) in [5.74, 6) is 1.29. The summed E-state index contributed by atoms with van der Waals surface area (Å²) >= 11 is 11.7. The highest BCUT2D eigenvalue weighted by Gasteiger charge is 2.26. The van der Waals surface area contributed by atoms with Gasteiger partial charge >= 0.3 is 0 Å². The molecule has 1 unspecified atom stereocenters. The second-order valence-corrected chi connectivity index (χ2v) is 4.47. The fourth-order valence-electron chi connectivity index (χ4n) is 1.62. The van der Waals surface area contributed by atoms with Crippen molar-refractivity contribution in [3.8, 4) is 11.5 Å². The number of nitrogens with zero attached hydrogens (tertiary/aromatic N) is 1. The molecule has 0 spiro atoms. The van der Waals surface area contributed by atoms with Crippen molar-refractivity contribution in [2.45, 2.75) is 6.29 Å². The molecule has 1 aromatic carbocycles. The van der Waals surface area contributed by atoms with E-state index in [-0.39, 0.29) is 0 Å². The van der Waals surface area contributed by atoms with Crippen molar-refractivity contribution in [1.82, 2.24) is 4.98 Å². The zero-order chi connectivity index (χ0) is 11.8. The van der Waals surface area contributed by atoms with Crippen molar-refractivity contribution in [2.75, 3.05) is 0 Å². The molecule has 1 atom stereocenters. The van der Waals surface area contributed by atoms with Crippen LogP contribution in [-0.2, 0) is 0 Å². The lowest BCUT2D eigenvalue weighted by Crippen LogP contribution is -2.08. The van der Waals surface area contributed by atoms with Crippen molar-refractivity contribution >= 4 is 23.2 Å². The lowest BCUT2D eigenvalue weighted by Gasteiger charge is -2.09. The molecule has 0 aliphatic carbocycles. The standard InChI is InChI=1S/C12H7Cl2NO2/c13-8-1-2-10-11(4-8)17-12(16-10)7-3-9(14)6-15-5-7/h1-6,12H. The molecular formula is C12H7Cl2NO2. The quantitative estimate of drug-likeness (QED) is 0.787. The Balaban J connectivity index is 1.91. The largest absolute Gasteiger partial charge is 0.447 e. The van der Waals surface area contributed by atoms with E-state index in [0.29, 0.717) is 21.5 Å². The van der Waals surface area contributed by atoms with Gasteiger partial charge in [-0.1, -0.05) is 23.2 Å². The second kappa shape index (κ2) is 4.09. The minimum atomic E-state index is -0.519. The average Bonchev–Trinajstić information content (AvgIpc) is 2.72. The van der Waals surface area contributed by atoms with Gasteiger partial charge in [0.25, 0.3) is 6.29 Å². The minimum Gasteiger partial charge on any atom is -0.447 e. The summed E-state index contributed by atoms with van der Waals surface area (Å²) in [6.45, 7) is 0. The number of ether oxygens (including phenoxy) is 2. The summed E-state index contributed by atoms with van der Waals surface area (Å²) in [7, 11) is 0. The zero-order valence-electron chi connectivity index (χ0n) is 8.56. The third-order valence-corrected chi connectivity index (χ3v) is 2.81. The van der Waals surface area contributed by atoms with Crippen LogP contribution in [0.1, 0.15) is 11.9 Å². The van der Waals surface area contributed by atoms with Crippen molar-refractivity contribution < 1.29 is 9.47 Å². The molecule has 0 radical (unpaired) electrons. The van der Waals surface area contributed by atoms with Crippen LogP contribution in [0, 0.1) is 0 Å². The van der Waals surface area contributed by atoms with Gasteiger partial charge in [0.2, 0.25) is 0 Å². The Morgan fingerprint density at radius 3 is 2.59 bits per heavy atom. The highest BCUT2D eigenvalue weighted by molar-refractivity contribution is 6.31. The van der Waals surface area contributed by atoms with Crippen molar-refractivity contribution in [2.24, 2.45) is 0 Å². The fraction of sp³-hybridized carbons (Fsp3) is 0.0833. The number of hydrogen-bond acceptors (Lipinski definition) is 3. The first kappa shape index (κ1) is 10.7. The summed E-state index contributed by atoms with van der Waals surface area (Å²) in [5, 5.41) is 1.15. The number of rotatable bonds is 1. The Bertz CT molecular complexity index is 574. The van der Waals surface area contributed by atoms with Crippen LogP contribution in [0.4, 0.5) is 0 Å². The van der Waals surface area contributed by atoms with E-state index in [9.17, 15) is 0 Å². The molecule has 0 amide bonds. The summed E-state index contributed by atoms with van der Waals surface area (Å²) in [4.78, 5) is 3.99. The van der Waals surface area contributed by atoms with Crippen LogP contribution >= 0.6 is 23.2 Å². The SMILES string of the molecule is Clc1cncc(C2Oc3ccc(Cl)cc3O2)c1. The van der Waals surface area contributed by atoms with Crippen LogP contribution in [-0.4, -0.2) is 4.98 Å². The van der Waals surface area contributed by atoms with Gasteiger partial charge in [0.15, 0.2) is 11.5 Å². The third-order valence-electron chi connectivity index (χ3n) is 2.37. The average molecular weight is 268 g/mol. The van der Waals surface area contributed by atoms with Gasteiger partial charge in [-0.05, 0) is 18.2 Å². The van der Waals surface area contributed by atoms with Gasteiger partial charge in [0, 0.05) is 23.5 Å². The first-order valence-corrected chi connectivity index (χ1v) is 5.71. The summed E-state index contributed by atoms with van der Waals surface area (Å²) in [5.41, 5.74) is 0.768. The van der Waals surface area contributed by atoms with E-state index >= 15 is 0 Å². The maximum Gasteiger partial charge on any atom is 0.269 e. The molecule has 5 heteroatoms. The van der Waals surface area contributed by atoms with Crippen molar-refractivity contribution in [1.29, 1.82) is 0 Å². The van der Waals surface area contributed by atoms with E-state index in [1.165, 1.54) is 0 Å². The molecule has 3 rings (SSSR count). The van der Waals surface area contributed by atoms with E-state index in [4.69, 9.17) is 32.7 Å². The first-order valence-electron chi connectivity index (χ1n) is 4.96. The summed E-state index contributed by atoms with van der Waals surface area (Å²) < 4.78 is 11.2. The summed E-state index contributed by atoms with van der Waals surface area (Å²) in [6, 6.07) is 7.00. The van der Waals surface area contributed by atoms with Gasteiger partial charge in [0.05, 0.1) is 10.6 Å². The Hall–Kier alpha value is -1.45. The van der Waals surface area contributed by atoms with Crippen molar-refractivity contribution in [3.05, 3.63) is 52.3 Å². The van der Waals surface area contributed by atoms with E-state index in [1.54, 1.807) is 36.7 Å². The fourth-order valence-corrected chi connectivity index (χ4v) is 1.96. The van der Waals surface area contributed by atoms with Gasteiger partial charge in [-0.25, -0.2) is 0 Å². The molecule has 0 N–H and O–H groups in total. The van der Waals surface area contributed by atoms with E-state index in [2.05, 4.69) is 4.98 Å². The molecule has 2 aromatic rings. The Morgan fingerprint density at radius 2 is 1.76 bits per heavy atom. The van der Waals surface area contributed by atoms with Crippen LogP contribution in [0.2, 0.25) is 10.0 Å². The van der Waals surface area contributed by atoms with Crippen LogP contribution in [0.5, 0.6) is 11.5 Å². The van der Waals surface area contributed by atoms with Crippen LogP contribution < -0.4 is 9.47 Å². The Morgan fingerprint density at radius 1 is 0.941 bits per heavy atom. The van der Waals surface area contributed by atoms with Crippen LogP contribution in [0.15, 0.2) is 36.7 Å². The number of hydrogen-bond donors (Lipinski definition) is 0. The maximum absolute atomic E-state index is 5.87. The smallest absolute Gasteiger partial charge is 0.269 e. The molecule has 0 fully saturated rings. The van der Waals surface area contributed by atoms with Gasteiger partial charge in [-0.15, -0.1) is 0 Å². The lowest BCUT2D eigenvalue weighted by molar-refractivity contribution is 0.0484. The number of aromatic nitrogens is 1. The summed E-state index contributed by atoms with van der Waals surface area (Å²) in [6.07, 6.45) is 2.70. The molecule has 3 nitrogen and oxygen atoms in total. The monoisotopic (exact) mass is 267 g/mol. The highest BCUT2D eigenvalue weighted by atomic mass is 35.5. The van der Waals surface area contributed by atoms with Crippen LogP contribution in [0.25, 0.3) is 0 Å². The molecule has 0 saturated carbocycles. The van der Waals surface area contributed by atoms with E-state index < -0.39 is 6.29 Å². The molecular weight excluding hydrogens is 261 g/mol. The van der Waals surface area contributed by atoms with Gasteiger partial charge in [-0.2, -0.15) is 0 Å². The predicted octanol–water partition coefficient (Wildman–Crippen LogP) is 3.86. The van der Waals surface area contributed by atoms with E-state index in [0.717, 1.165) is 5.56 Å². The van der Waals surface area contributed by atoms with Gasteiger partial charge < -0.3 is 9.47 Å². The third kappa shape index (κ3) is 2.04. The zero-order valence-corrected chi connectivity index (χ0v) is 10.1. The normalized spacial score (nSPS) is 17.2. The minimum absolute atomic E-state index is 0.519. The van der Waals surface area contributed by atoms with Crippen molar-refractivity contribution in [3.63, 3.8) is 0 Å². The van der Waals surface area contributed by atoms with Gasteiger partial charge in [0.1, 0.15) is 0 Å². The first-order chi connectivity index (χ1) is 8.22. The number of benzene rings is 1. The molecule has 86 valence electrons. The number of halogens is 2. The Kier molecular flexibility index (Phi) is 2.57. The molecule has 1 aliphatic rings. The molecule has 2 heterocycles. The lowest BCUT2D eigenvalue weighted by atomic mass is 10.3. The maximum atomic E-state index is 5.87. The molecule has 0 saturated heterocycles. The number of fused-ring (bicyclic) bond motifs is 1. The second-order valence-electron chi connectivity index (χ2n) is 3.60. The highest BCUT2D eigenvalue weighted by Crippen LogP contribution is 2.41. The Labute approximate surface area is 108 Å². The molecule has 17 heavy (non-hydrogen) atoms. The molecule has 1 aromatic heterocycles. The number of pyridine rings is 1. The van der Waals surface area contributed by atoms with Crippen LogP contribution in [0.3, 0.4) is 0 Å². The van der Waals surface area contributed by atoms with E-state index in [1.807, 2.05) is 0 Å². The predicted molar refractivity (Wildman–Crippen MR) is 64.7 cm³/mol. The molecule has 0 bridgehead atoms. The topological polar surface area (TPSA) is 31.4 Å². The van der Waals surface area contributed by atoms with Gasteiger partial charge in [-0.3, -0.25) is 4.98 Å².